The van der Waals surface area contributed by atoms with Gasteiger partial charge in [0, 0.05) is 6.20 Å². The van der Waals surface area contributed by atoms with Gasteiger partial charge in [-0.1, -0.05) is 6.07 Å². The van der Waals surface area contributed by atoms with Crippen molar-refractivity contribution in [2.24, 2.45) is 0 Å². The van der Waals surface area contributed by atoms with Gasteiger partial charge in [-0.25, -0.2) is 9.78 Å². The summed E-state index contributed by atoms with van der Waals surface area (Å²) < 4.78 is 17.5. The number of aromatic nitrogens is 3. The van der Waals surface area contributed by atoms with Gasteiger partial charge in [0.2, 0.25) is 6.79 Å². The van der Waals surface area contributed by atoms with Gasteiger partial charge in [-0.15, -0.1) is 0 Å². The number of ether oxygens (including phenoxy) is 2. The molecule has 4 heterocycles. The molecule has 1 aliphatic rings. The molecular weight excluding hydrogens is 350 g/mol. The van der Waals surface area contributed by atoms with Gasteiger partial charge in [-0.05, 0) is 41.5 Å². The van der Waals surface area contributed by atoms with Gasteiger partial charge < -0.3 is 13.9 Å². The van der Waals surface area contributed by atoms with Crippen LogP contribution in [0.3, 0.4) is 0 Å². The molecule has 5 rings (SSSR count). The van der Waals surface area contributed by atoms with E-state index >= 15 is 0 Å². The lowest BCUT2D eigenvalue weighted by atomic mass is 10.0. The zero-order valence-corrected chi connectivity index (χ0v) is 14.0. The molecule has 0 aliphatic carbocycles. The van der Waals surface area contributed by atoms with Crippen LogP contribution in [0.5, 0.6) is 11.5 Å². The molecule has 0 saturated carbocycles. The average Bonchev–Trinajstić information content (AvgIpc) is 3.35. The first-order valence-electron chi connectivity index (χ1n) is 8.25. The van der Waals surface area contributed by atoms with Crippen LogP contribution in [0.4, 0.5) is 0 Å². The lowest BCUT2D eigenvalue weighted by Gasteiger charge is -2.11. The molecule has 0 radical (unpaired) electrons. The van der Waals surface area contributed by atoms with E-state index in [0.717, 1.165) is 5.56 Å². The zero-order valence-electron chi connectivity index (χ0n) is 14.0. The molecule has 0 bridgehead atoms. The van der Waals surface area contributed by atoms with E-state index in [4.69, 9.17) is 13.9 Å². The summed E-state index contributed by atoms with van der Waals surface area (Å²) in [6.45, 7) is 0.329. The summed E-state index contributed by atoms with van der Waals surface area (Å²) in [7, 11) is 0. The van der Waals surface area contributed by atoms with Crippen molar-refractivity contribution in [2.75, 3.05) is 6.79 Å². The van der Waals surface area contributed by atoms with Crippen LogP contribution in [-0.2, 0) is 6.54 Å². The van der Waals surface area contributed by atoms with Gasteiger partial charge >= 0.3 is 5.69 Å². The summed E-state index contributed by atoms with van der Waals surface area (Å²) in [5.74, 6) is 1.85. The maximum Gasteiger partial charge on any atom is 0.330 e. The fourth-order valence-electron chi connectivity index (χ4n) is 3.21. The highest BCUT2D eigenvalue weighted by atomic mass is 16.7. The van der Waals surface area contributed by atoms with E-state index in [2.05, 4.69) is 9.97 Å². The number of aromatic amines is 1. The number of pyridine rings is 1. The fraction of sp³-hybridized carbons (Fsp3) is 0.105. The second-order valence-electron chi connectivity index (χ2n) is 6.05. The second kappa shape index (κ2) is 5.87. The van der Waals surface area contributed by atoms with E-state index in [-0.39, 0.29) is 19.0 Å². The molecule has 0 amide bonds. The van der Waals surface area contributed by atoms with Crippen LogP contribution in [0.2, 0.25) is 0 Å². The number of fused-ring (bicyclic) bond motifs is 2. The number of furan rings is 1. The molecule has 0 fully saturated rings. The Morgan fingerprint density at radius 3 is 2.85 bits per heavy atom. The third-order valence-electron chi connectivity index (χ3n) is 4.46. The van der Waals surface area contributed by atoms with Gasteiger partial charge in [0.15, 0.2) is 17.1 Å². The van der Waals surface area contributed by atoms with Gasteiger partial charge in [-0.2, -0.15) is 0 Å². The molecule has 8 heteroatoms. The Morgan fingerprint density at radius 2 is 2.00 bits per heavy atom. The maximum atomic E-state index is 12.6. The average molecular weight is 363 g/mol. The third-order valence-corrected chi connectivity index (χ3v) is 4.46. The largest absolute Gasteiger partial charge is 0.467 e. The molecular formula is C19H13N3O5. The van der Waals surface area contributed by atoms with Crippen LogP contribution in [-0.4, -0.2) is 21.3 Å². The number of H-pyrrole nitrogens is 1. The molecule has 0 saturated heterocycles. The van der Waals surface area contributed by atoms with Gasteiger partial charge in [0.25, 0.3) is 5.56 Å². The standard InChI is InChI=1S/C19H13N3O5/c23-18-16-13(11-3-4-14-15(8-11)27-10-26-14)5-6-20-17(16)22(19(24)21-18)9-12-2-1-7-25-12/h1-8H,9-10H2,(H,21,23,24). The number of benzene rings is 1. The first-order chi connectivity index (χ1) is 13.2. The minimum absolute atomic E-state index is 0.163. The predicted octanol–water partition coefficient (Wildman–Crippen LogP) is 2.12. The van der Waals surface area contributed by atoms with Crippen molar-refractivity contribution in [3.8, 4) is 22.6 Å². The highest BCUT2D eigenvalue weighted by molar-refractivity contribution is 5.92. The van der Waals surface area contributed by atoms with Crippen molar-refractivity contribution in [2.45, 2.75) is 6.54 Å². The maximum absolute atomic E-state index is 12.6. The summed E-state index contributed by atoms with van der Waals surface area (Å²) in [6, 6.07) is 10.7. The highest BCUT2D eigenvalue weighted by Gasteiger charge is 2.18. The Labute approximate surface area is 151 Å². The van der Waals surface area contributed by atoms with E-state index in [9.17, 15) is 9.59 Å². The summed E-state index contributed by atoms with van der Waals surface area (Å²) in [5.41, 5.74) is 0.661. The first kappa shape index (κ1) is 15.4. The van der Waals surface area contributed by atoms with E-state index < -0.39 is 11.2 Å². The third kappa shape index (κ3) is 2.50. The number of nitrogens with zero attached hydrogens (tertiary/aromatic N) is 2. The van der Waals surface area contributed by atoms with E-state index in [1.807, 2.05) is 6.07 Å². The Bertz CT molecular complexity index is 1270. The summed E-state index contributed by atoms with van der Waals surface area (Å²) in [6.07, 6.45) is 3.10. The smallest absolute Gasteiger partial charge is 0.330 e. The fourth-order valence-corrected chi connectivity index (χ4v) is 3.21. The molecule has 8 nitrogen and oxygen atoms in total. The number of rotatable bonds is 3. The molecule has 0 unspecified atom stereocenters. The van der Waals surface area contributed by atoms with Crippen molar-refractivity contribution in [1.29, 1.82) is 0 Å². The lowest BCUT2D eigenvalue weighted by Crippen LogP contribution is -2.31. The molecule has 1 aliphatic heterocycles. The highest BCUT2D eigenvalue weighted by Crippen LogP contribution is 2.36. The van der Waals surface area contributed by atoms with E-state index in [1.165, 1.54) is 10.8 Å². The summed E-state index contributed by atoms with van der Waals surface area (Å²) in [4.78, 5) is 31.6. The van der Waals surface area contributed by atoms with Gasteiger partial charge in [0.1, 0.15) is 5.76 Å². The number of hydrogen-bond acceptors (Lipinski definition) is 6. The van der Waals surface area contributed by atoms with Crippen molar-refractivity contribution in [3.63, 3.8) is 0 Å². The summed E-state index contributed by atoms with van der Waals surface area (Å²) in [5, 5.41) is 0.322. The summed E-state index contributed by atoms with van der Waals surface area (Å²) >= 11 is 0. The molecule has 1 aromatic carbocycles. The van der Waals surface area contributed by atoms with Crippen LogP contribution in [0.25, 0.3) is 22.2 Å². The minimum Gasteiger partial charge on any atom is -0.467 e. The van der Waals surface area contributed by atoms with E-state index in [1.54, 1.807) is 36.5 Å². The van der Waals surface area contributed by atoms with Crippen LogP contribution in [0, 0.1) is 0 Å². The first-order valence-corrected chi connectivity index (χ1v) is 8.25. The minimum atomic E-state index is -0.542. The Kier molecular flexibility index (Phi) is 3.36. The zero-order chi connectivity index (χ0) is 18.4. The topological polar surface area (TPSA) is 99.4 Å². The van der Waals surface area contributed by atoms with Crippen LogP contribution >= 0.6 is 0 Å². The normalized spacial score (nSPS) is 12.6. The van der Waals surface area contributed by atoms with Gasteiger partial charge in [-0.3, -0.25) is 14.3 Å². The molecule has 0 spiro atoms. The van der Waals surface area contributed by atoms with Crippen LogP contribution in [0.1, 0.15) is 5.76 Å². The molecule has 3 aromatic heterocycles. The van der Waals surface area contributed by atoms with Crippen molar-refractivity contribution < 1.29 is 13.9 Å². The number of nitrogens with one attached hydrogen (secondary N) is 1. The Morgan fingerprint density at radius 1 is 1.11 bits per heavy atom. The van der Waals surface area contributed by atoms with Crippen LogP contribution < -0.4 is 20.7 Å². The van der Waals surface area contributed by atoms with Gasteiger partial charge in [0.05, 0.1) is 18.2 Å². The molecule has 27 heavy (non-hydrogen) atoms. The lowest BCUT2D eigenvalue weighted by molar-refractivity contribution is 0.174. The van der Waals surface area contributed by atoms with E-state index in [0.29, 0.717) is 28.2 Å². The second-order valence-corrected chi connectivity index (χ2v) is 6.05. The predicted molar refractivity (Wildman–Crippen MR) is 96.0 cm³/mol. The molecule has 134 valence electrons. The molecule has 4 aromatic rings. The Hall–Kier alpha value is -3.81. The van der Waals surface area contributed by atoms with Crippen molar-refractivity contribution >= 4 is 11.0 Å². The van der Waals surface area contributed by atoms with Crippen LogP contribution in [0.15, 0.2) is 62.9 Å². The number of hydrogen-bond donors (Lipinski definition) is 1. The monoisotopic (exact) mass is 363 g/mol. The Balaban J connectivity index is 1.75. The molecule has 1 N–H and O–H groups in total. The SMILES string of the molecule is O=c1[nH]c(=O)n(Cc2ccco2)c2nccc(-c3ccc4c(c3)OCO4)c12. The molecule has 0 atom stereocenters. The van der Waals surface area contributed by atoms with Crippen molar-refractivity contribution in [3.05, 3.63) is 75.5 Å². The van der Waals surface area contributed by atoms with Crippen molar-refractivity contribution in [1.82, 2.24) is 14.5 Å². The quantitative estimate of drug-likeness (QED) is 0.599.